The van der Waals surface area contributed by atoms with Crippen LogP contribution in [0, 0.1) is 11.7 Å². The zero-order valence-electron chi connectivity index (χ0n) is 15.8. The van der Waals surface area contributed by atoms with E-state index in [1.165, 1.54) is 6.07 Å². The van der Waals surface area contributed by atoms with E-state index in [2.05, 4.69) is 0 Å². The highest BCUT2D eigenvalue weighted by Gasteiger charge is 2.47. The molecule has 2 amide bonds. The molecule has 0 aromatic heterocycles. The topological polar surface area (TPSA) is 59.1 Å². The molecule has 2 atom stereocenters. The van der Waals surface area contributed by atoms with E-state index in [-0.39, 0.29) is 36.3 Å². The maximum absolute atomic E-state index is 14.0. The van der Waals surface area contributed by atoms with Gasteiger partial charge in [-0.3, -0.25) is 9.59 Å². The zero-order valence-corrected chi connectivity index (χ0v) is 15.8. The number of ether oxygens (including phenoxy) is 2. The van der Waals surface area contributed by atoms with Gasteiger partial charge >= 0.3 is 0 Å². The predicted octanol–water partition coefficient (Wildman–Crippen LogP) is 2.64. The average Bonchev–Trinajstić information content (AvgIpc) is 3.41. The maximum Gasteiger partial charge on any atom is 0.254 e. The van der Waals surface area contributed by atoms with Crippen LogP contribution in [0.1, 0.15) is 28.3 Å². The van der Waals surface area contributed by atoms with E-state index < -0.39 is 0 Å². The number of halogens is 1. The molecule has 2 aromatic carbocycles. The second-order valence-electron chi connectivity index (χ2n) is 7.66. The van der Waals surface area contributed by atoms with Crippen molar-refractivity contribution in [1.29, 1.82) is 0 Å². The van der Waals surface area contributed by atoms with Gasteiger partial charge in [-0.2, -0.15) is 0 Å². The summed E-state index contributed by atoms with van der Waals surface area (Å²) < 4.78 is 24.6. The number of hydrogen-bond donors (Lipinski definition) is 0. The highest BCUT2D eigenvalue weighted by atomic mass is 19.1. The summed E-state index contributed by atoms with van der Waals surface area (Å²) in [5.74, 6) is 0.787. The molecule has 1 aliphatic carbocycles. The second-order valence-corrected chi connectivity index (χ2v) is 7.66. The normalized spacial score (nSPS) is 22.5. The van der Waals surface area contributed by atoms with E-state index in [0.717, 1.165) is 0 Å². The number of nitrogens with zero attached hydrogens (tertiary/aromatic N) is 2. The Morgan fingerprint density at radius 2 is 1.66 bits per heavy atom. The third kappa shape index (κ3) is 3.30. The Labute approximate surface area is 167 Å². The van der Waals surface area contributed by atoms with E-state index >= 15 is 0 Å². The number of fused-ring (bicyclic) bond motifs is 1. The van der Waals surface area contributed by atoms with Gasteiger partial charge in [0.05, 0.1) is 0 Å². The van der Waals surface area contributed by atoms with Crippen molar-refractivity contribution in [2.75, 3.05) is 33.0 Å². The van der Waals surface area contributed by atoms with Gasteiger partial charge < -0.3 is 19.3 Å². The molecule has 1 saturated heterocycles. The first-order valence-corrected chi connectivity index (χ1v) is 9.84. The quantitative estimate of drug-likeness (QED) is 0.800. The van der Waals surface area contributed by atoms with Crippen molar-refractivity contribution < 1.29 is 23.5 Å². The number of carbonyl (C=O) groups excluding carboxylic acids is 2. The molecule has 0 bridgehead atoms. The molecule has 2 aliphatic heterocycles. The van der Waals surface area contributed by atoms with Gasteiger partial charge in [0.2, 0.25) is 12.7 Å². The van der Waals surface area contributed by atoms with Crippen molar-refractivity contribution in [2.45, 2.75) is 12.3 Å². The Bertz CT molecular complexity index is 971. The van der Waals surface area contributed by atoms with E-state index in [4.69, 9.17) is 9.47 Å². The third-order valence-corrected chi connectivity index (χ3v) is 5.91. The average molecular weight is 396 g/mol. The Morgan fingerprint density at radius 1 is 0.931 bits per heavy atom. The minimum absolute atomic E-state index is 0.0306. The van der Waals surface area contributed by atoms with Crippen molar-refractivity contribution in [3.8, 4) is 11.5 Å². The minimum atomic E-state index is -0.244. The van der Waals surface area contributed by atoms with Crippen LogP contribution >= 0.6 is 0 Å². The lowest BCUT2D eigenvalue weighted by molar-refractivity contribution is -0.134. The molecule has 2 fully saturated rings. The van der Waals surface area contributed by atoms with Gasteiger partial charge in [0.25, 0.3) is 5.91 Å². The fourth-order valence-electron chi connectivity index (χ4n) is 4.16. The second kappa shape index (κ2) is 7.06. The summed E-state index contributed by atoms with van der Waals surface area (Å²) >= 11 is 0. The van der Waals surface area contributed by atoms with E-state index in [1.54, 1.807) is 46.2 Å². The lowest BCUT2D eigenvalue weighted by Crippen LogP contribution is -2.51. The van der Waals surface area contributed by atoms with Gasteiger partial charge in [0.1, 0.15) is 5.82 Å². The number of rotatable bonds is 3. The lowest BCUT2D eigenvalue weighted by Gasteiger charge is -2.35. The van der Waals surface area contributed by atoms with Gasteiger partial charge in [-0.25, -0.2) is 4.39 Å². The van der Waals surface area contributed by atoms with Crippen molar-refractivity contribution in [3.63, 3.8) is 0 Å². The number of hydrogen-bond acceptors (Lipinski definition) is 4. The summed E-state index contributed by atoms with van der Waals surface area (Å²) in [4.78, 5) is 29.1. The highest BCUT2D eigenvalue weighted by Crippen LogP contribution is 2.49. The third-order valence-electron chi connectivity index (χ3n) is 5.91. The standard InChI is InChI=1S/C22H21FN2O4/c23-18-4-2-1-3-15(18)16-12-17(16)22(27)25-9-7-24(8-10-25)21(26)14-5-6-19-20(11-14)29-13-28-19/h1-6,11,16-17H,7-10,12-13H2. The summed E-state index contributed by atoms with van der Waals surface area (Å²) in [6.45, 7) is 2.13. The van der Waals surface area contributed by atoms with Crippen LogP contribution < -0.4 is 9.47 Å². The van der Waals surface area contributed by atoms with Crippen molar-refractivity contribution in [1.82, 2.24) is 9.80 Å². The van der Waals surface area contributed by atoms with Crippen LogP contribution in [0.3, 0.4) is 0 Å². The Kier molecular flexibility index (Phi) is 4.38. The molecule has 1 saturated carbocycles. The van der Waals surface area contributed by atoms with Gasteiger partial charge in [-0.1, -0.05) is 18.2 Å². The first kappa shape index (κ1) is 18.0. The van der Waals surface area contributed by atoms with Gasteiger partial charge in [-0.15, -0.1) is 0 Å². The molecule has 3 aliphatic rings. The fourth-order valence-corrected chi connectivity index (χ4v) is 4.16. The lowest BCUT2D eigenvalue weighted by atomic mass is 10.1. The number of carbonyl (C=O) groups is 2. The smallest absolute Gasteiger partial charge is 0.254 e. The first-order chi connectivity index (χ1) is 14.1. The number of amides is 2. The van der Waals surface area contributed by atoms with E-state index in [1.807, 2.05) is 0 Å². The molecule has 0 radical (unpaired) electrons. The summed E-state index contributed by atoms with van der Waals surface area (Å²) in [7, 11) is 0. The van der Waals surface area contributed by atoms with Crippen LogP contribution in [0.2, 0.25) is 0 Å². The van der Waals surface area contributed by atoms with Crippen LogP contribution in [0.25, 0.3) is 0 Å². The van der Waals surface area contributed by atoms with E-state index in [9.17, 15) is 14.0 Å². The van der Waals surface area contributed by atoms with Crippen LogP contribution in [0.5, 0.6) is 11.5 Å². The Balaban J connectivity index is 1.18. The van der Waals surface area contributed by atoms with Crippen molar-refractivity contribution in [2.24, 2.45) is 5.92 Å². The Morgan fingerprint density at radius 3 is 2.45 bits per heavy atom. The van der Waals surface area contributed by atoms with Crippen LogP contribution in [0.4, 0.5) is 4.39 Å². The van der Waals surface area contributed by atoms with Crippen molar-refractivity contribution in [3.05, 3.63) is 59.4 Å². The molecular formula is C22H21FN2O4. The molecule has 0 spiro atoms. The Hall–Kier alpha value is -3.09. The summed E-state index contributed by atoms with van der Waals surface area (Å²) in [5.41, 5.74) is 1.18. The molecule has 6 nitrogen and oxygen atoms in total. The first-order valence-electron chi connectivity index (χ1n) is 9.84. The monoisotopic (exact) mass is 396 g/mol. The molecular weight excluding hydrogens is 375 g/mol. The zero-order chi connectivity index (χ0) is 20.0. The molecule has 2 aromatic rings. The fraction of sp³-hybridized carbons (Fsp3) is 0.364. The van der Waals surface area contributed by atoms with Gasteiger partial charge in [0, 0.05) is 37.7 Å². The highest BCUT2D eigenvalue weighted by molar-refractivity contribution is 5.95. The molecule has 5 rings (SSSR count). The minimum Gasteiger partial charge on any atom is -0.454 e. The number of benzene rings is 2. The van der Waals surface area contributed by atoms with Crippen molar-refractivity contribution >= 4 is 11.8 Å². The SMILES string of the molecule is O=C(c1ccc2c(c1)OCO2)N1CCN(C(=O)C2CC2c2ccccc2F)CC1. The molecule has 0 N–H and O–H groups in total. The van der Waals surface area contributed by atoms with Gasteiger partial charge in [0.15, 0.2) is 11.5 Å². The van der Waals surface area contributed by atoms with Crippen LogP contribution in [-0.4, -0.2) is 54.6 Å². The number of piperazine rings is 1. The van der Waals surface area contributed by atoms with Crippen LogP contribution in [-0.2, 0) is 4.79 Å². The molecule has 7 heteroatoms. The molecule has 2 heterocycles. The predicted molar refractivity (Wildman–Crippen MR) is 102 cm³/mol. The summed E-state index contributed by atoms with van der Waals surface area (Å²) in [5, 5.41) is 0. The van der Waals surface area contributed by atoms with Gasteiger partial charge in [-0.05, 0) is 42.2 Å². The van der Waals surface area contributed by atoms with Crippen LogP contribution in [0.15, 0.2) is 42.5 Å². The maximum atomic E-state index is 14.0. The molecule has 29 heavy (non-hydrogen) atoms. The van der Waals surface area contributed by atoms with E-state index in [0.29, 0.717) is 55.2 Å². The summed E-state index contributed by atoms with van der Waals surface area (Å²) in [6, 6.07) is 11.8. The largest absolute Gasteiger partial charge is 0.454 e. The molecule has 150 valence electrons. The molecule has 2 unspecified atom stereocenters. The summed E-state index contributed by atoms with van der Waals surface area (Å²) in [6.07, 6.45) is 0.691.